The van der Waals surface area contributed by atoms with Gasteiger partial charge in [-0.05, 0) is 37.6 Å². The van der Waals surface area contributed by atoms with Gasteiger partial charge in [-0.3, -0.25) is 4.90 Å². The standard InChI is InChI=1S/C16H25ClN2O2/c1-3-6-18-7-8-19(12(2)10-18)15(11-20)13-4-5-16(21)14(17)9-13/h4-5,9,12,15,20-21H,3,6-8,10-11H2,1-2H3. The molecule has 0 aliphatic carbocycles. The van der Waals surface area contributed by atoms with E-state index in [1.807, 2.05) is 6.07 Å². The van der Waals surface area contributed by atoms with E-state index in [4.69, 9.17) is 11.6 Å². The molecule has 2 N–H and O–H groups in total. The second-order valence-corrected chi connectivity index (χ2v) is 6.20. The molecule has 0 aromatic heterocycles. The lowest BCUT2D eigenvalue weighted by Crippen LogP contribution is -2.53. The summed E-state index contributed by atoms with van der Waals surface area (Å²) < 4.78 is 0. The highest BCUT2D eigenvalue weighted by atomic mass is 35.5. The van der Waals surface area contributed by atoms with Gasteiger partial charge in [0.2, 0.25) is 0 Å². The van der Waals surface area contributed by atoms with Gasteiger partial charge >= 0.3 is 0 Å². The molecule has 1 aromatic carbocycles. The van der Waals surface area contributed by atoms with Crippen molar-refractivity contribution in [3.05, 3.63) is 28.8 Å². The van der Waals surface area contributed by atoms with Crippen LogP contribution in [0.25, 0.3) is 0 Å². The summed E-state index contributed by atoms with van der Waals surface area (Å²) >= 11 is 6.00. The number of nitrogens with zero attached hydrogens (tertiary/aromatic N) is 2. The van der Waals surface area contributed by atoms with Crippen molar-refractivity contribution in [3.8, 4) is 5.75 Å². The summed E-state index contributed by atoms with van der Waals surface area (Å²) in [6.45, 7) is 8.58. The third-order valence-corrected chi connectivity index (χ3v) is 4.54. The Morgan fingerprint density at radius 2 is 2.14 bits per heavy atom. The van der Waals surface area contributed by atoms with Gasteiger partial charge in [0.15, 0.2) is 0 Å². The largest absolute Gasteiger partial charge is 0.506 e. The zero-order valence-corrected chi connectivity index (χ0v) is 13.6. The summed E-state index contributed by atoms with van der Waals surface area (Å²) in [5, 5.41) is 19.7. The summed E-state index contributed by atoms with van der Waals surface area (Å²) in [5.41, 5.74) is 0.955. The summed E-state index contributed by atoms with van der Waals surface area (Å²) in [6.07, 6.45) is 1.17. The molecule has 1 saturated heterocycles. The predicted molar refractivity (Wildman–Crippen MR) is 85.8 cm³/mol. The molecule has 1 aromatic rings. The number of rotatable bonds is 5. The minimum atomic E-state index is -0.0677. The van der Waals surface area contributed by atoms with Crippen LogP contribution >= 0.6 is 11.6 Å². The van der Waals surface area contributed by atoms with Gasteiger partial charge in [-0.1, -0.05) is 24.6 Å². The van der Waals surface area contributed by atoms with E-state index in [0.29, 0.717) is 11.1 Å². The molecule has 0 spiro atoms. The monoisotopic (exact) mass is 312 g/mol. The number of benzene rings is 1. The van der Waals surface area contributed by atoms with E-state index in [2.05, 4.69) is 23.6 Å². The van der Waals surface area contributed by atoms with E-state index in [1.165, 1.54) is 6.42 Å². The van der Waals surface area contributed by atoms with E-state index in [-0.39, 0.29) is 18.4 Å². The van der Waals surface area contributed by atoms with Crippen LogP contribution in [0.15, 0.2) is 18.2 Å². The van der Waals surface area contributed by atoms with Crippen LogP contribution in [0.2, 0.25) is 5.02 Å². The van der Waals surface area contributed by atoms with E-state index in [0.717, 1.165) is 31.7 Å². The van der Waals surface area contributed by atoms with Crippen molar-refractivity contribution < 1.29 is 10.2 Å². The lowest BCUT2D eigenvalue weighted by Gasteiger charge is -2.43. The highest BCUT2D eigenvalue weighted by molar-refractivity contribution is 6.32. The minimum absolute atomic E-state index is 0.0548. The summed E-state index contributed by atoms with van der Waals surface area (Å²) in [5.74, 6) is 0.0814. The molecule has 0 radical (unpaired) electrons. The Labute approximate surface area is 131 Å². The fourth-order valence-electron chi connectivity index (χ4n) is 3.16. The van der Waals surface area contributed by atoms with Crippen LogP contribution in [0.4, 0.5) is 0 Å². The molecule has 1 fully saturated rings. The fourth-order valence-corrected chi connectivity index (χ4v) is 3.35. The van der Waals surface area contributed by atoms with Crippen LogP contribution < -0.4 is 0 Å². The molecular formula is C16H25ClN2O2. The Bertz CT molecular complexity index is 470. The smallest absolute Gasteiger partial charge is 0.134 e. The molecule has 21 heavy (non-hydrogen) atoms. The highest BCUT2D eigenvalue weighted by Gasteiger charge is 2.29. The predicted octanol–water partition coefficient (Wildman–Crippen LogP) is 2.50. The lowest BCUT2D eigenvalue weighted by atomic mass is 10.0. The Kier molecular flexibility index (Phi) is 5.88. The van der Waals surface area contributed by atoms with Gasteiger partial charge in [-0.2, -0.15) is 0 Å². The van der Waals surface area contributed by atoms with Crippen LogP contribution in [-0.2, 0) is 0 Å². The van der Waals surface area contributed by atoms with Gasteiger partial charge in [0.05, 0.1) is 17.7 Å². The van der Waals surface area contributed by atoms with Gasteiger partial charge in [-0.15, -0.1) is 0 Å². The van der Waals surface area contributed by atoms with Gasteiger partial charge in [0.25, 0.3) is 0 Å². The first-order valence-electron chi connectivity index (χ1n) is 7.64. The zero-order valence-electron chi connectivity index (χ0n) is 12.8. The third-order valence-electron chi connectivity index (χ3n) is 4.23. The topological polar surface area (TPSA) is 46.9 Å². The summed E-state index contributed by atoms with van der Waals surface area (Å²) in [4.78, 5) is 4.80. The molecule has 2 unspecified atom stereocenters. The van der Waals surface area contributed by atoms with Crippen LogP contribution in [-0.4, -0.2) is 58.8 Å². The number of aliphatic hydroxyl groups is 1. The fraction of sp³-hybridized carbons (Fsp3) is 0.625. The number of hydrogen-bond donors (Lipinski definition) is 2. The molecule has 5 heteroatoms. The van der Waals surface area contributed by atoms with Gasteiger partial charge in [0.1, 0.15) is 5.75 Å². The zero-order chi connectivity index (χ0) is 15.4. The van der Waals surface area contributed by atoms with Crippen molar-refractivity contribution in [2.75, 3.05) is 32.8 Å². The number of phenolic OH excluding ortho intramolecular Hbond substituents is 1. The third kappa shape index (κ3) is 3.89. The average Bonchev–Trinajstić information content (AvgIpc) is 2.46. The van der Waals surface area contributed by atoms with Gasteiger partial charge in [-0.25, -0.2) is 0 Å². The SMILES string of the molecule is CCCN1CCN(C(CO)c2ccc(O)c(Cl)c2)C(C)C1. The molecule has 2 atom stereocenters. The normalized spacial score (nSPS) is 22.4. The van der Waals surface area contributed by atoms with E-state index < -0.39 is 0 Å². The lowest BCUT2D eigenvalue weighted by molar-refractivity contribution is 0.0253. The Balaban J connectivity index is 2.12. The molecule has 1 aliphatic heterocycles. The van der Waals surface area contributed by atoms with Crippen LogP contribution in [0, 0.1) is 0 Å². The van der Waals surface area contributed by atoms with Crippen molar-refractivity contribution in [1.29, 1.82) is 0 Å². The van der Waals surface area contributed by atoms with E-state index in [9.17, 15) is 10.2 Å². The maximum Gasteiger partial charge on any atom is 0.134 e. The molecule has 0 saturated carbocycles. The first-order chi connectivity index (χ1) is 10.1. The molecule has 2 rings (SSSR count). The van der Waals surface area contributed by atoms with E-state index >= 15 is 0 Å². The van der Waals surface area contributed by atoms with Crippen molar-refractivity contribution in [1.82, 2.24) is 9.80 Å². The molecule has 1 aliphatic rings. The van der Waals surface area contributed by atoms with Crippen LogP contribution in [0.1, 0.15) is 31.9 Å². The number of halogens is 1. The number of hydrogen-bond acceptors (Lipinski definition) is 4. The molecule has 0 amide bonds. The number of aromatic hydroxyl groups is 1. The maximum absolute atomic E-state index is 9.82. The molecule has 4 nitrogen and oxygen atoms in total. The summed E-state index contributed by atoms with van der Waals surface area (Å²) in [6, 6.07) is 5.51. The average molecular weight is 313 g/mol. The van der Waals surface area contributed by atoms with Crippen molar-refractivity contribution in [2.45, 2.75) is 32.4 Å². The van der Waals surface area contributed by atoms with Gasteiger partial charge in [0, 0.05) is 25.7 Å². The second kappa shape index (κ2) is 7.45. The molecule has 1 heterocycles. The molecular weight excluding hydrogens is 288 g/mol. The van der Waals surface area contributed by atoms with Crippen LogP contribution in [0.5, 0.6) is 5.75 Å². The van der Waals surface area contributed by atoms with Crippen molar-refractivity contribution in [2.24, 2.45) is 0 Å². The second-order valence-electron chi connectivity index (χ2n) is 5.80. The Morgan fingerprint density at radius 1 is 1.38 bits per heavy atom. The molecule has 0 bridgehead atoms. The first kappa shape index (κ1) is 16.6. The highest BCUT2D eigenvalue weighted by Crippen LogP contribution is 2.30. The minimum Gasteiger partial charge on any atom is -0.506 e. The first-order valence-corrected chi connectivity index (χ1v) is 8.02. The van der Waals surface area contributed by atoms with Crippen molar-refractivity contribution in [3.63, 3.8) is 0 Å². The quantitative estimate of drug-likeness (QED) is 0.877. The number of piperazine rings is 1. The Morgan fingerprint density at radius 3 is 2.71 bits per heavy atom. The maximum atomic E-state index is 9.82. The van der Waals surface area contributed by atoms with Crippen molar-refractivity contribution >= 4 is 11.6 Å². The Hall–Kier alpha value is -0.810. The van der Waals surface area contributed by atoms with Crippen LogP contribution in [0.3, 0.4) is 0 Å². The molecule has 118 valence electrons. The number of phenols is 1. The summed E-state index contributed by atoms with van der Waals surface area (Å²) in [7, 11) is 0. The van der Waals surface area contributed by atoms with E-state index in [1.54, 1.807) is 12.1 Å². The number of aliphatic hydroxyl groups excluding tert-OH is 1. The van der Waals surface area contributed by atoms with Gasteiger partial charge < -0.3 is 15.1 Å².